The van der Waals surface area contributed by atoms with Gasteiger partial charge in [0.05, 0.1) is 0 Å². The van der Waals surface area contributed by atoms with Gasteiger partial charge in [-0.05, 0) is 25.0 Å². The molecule has 0 aliphatic carbocycles. The molecular formula is C11H17N5O. The first-order chi connectivity index (χ1) is 8.20. The summed E-state index contributed by atoms with van der Waals surface area (Å²) >= 11 is 0. The van der Waals surface area contributed by atoms with E-state index in [1.54, 1.807) is 6.07 Å². The van der Waals surface area contributed by atoms with E-state index in [2.05, 4.69) is 15.3 Å². The van der Waals surface area contributed by atoms with Crippen molar-refractivity contribution in [3.63, 3.8) is 0 Å². The summed E-state index contributed by atoms with van der Waals surface area (Å²) in [7, 11) is 0. The second-order valence-electron chi connectivity index (χ2n) is 4.19. The summed E-state index contributed by atoms with van der Waals surface area (Å²) in [4.78, 5) is 17.6. The maximum absolute atomic E-state index is 11.1. The third-order valence-electron chi connectivity index (χ3n) is 3.10. The summed E-state index contributed by atoms with van der Waals surface area (Å²) in [5.41, 5.74) is 7.82. The van der Waals surface area contributed by atoms with Gasteiger partial charge in [0.1, 0.15) is 11.6 Å². The van der Waals surface area contributed by atoms with Crippen LogP contribution in [0.15, 0.2) is 18.2 Å². The Kier molecular flexibility index (Phi) is 3.43. The van der Waals surface area contributed by atoms with E-state index in [-0.39, 0.29) is 11.8 Å². The van der Waals surface area contributed by atoms with E-state index in [4.69, 9.17) is 11.6 Å². The zero-order valence-electron chi connectivity index (χ0n) is 9.60. The van der Waals surface area contributed by atoms with Crippen LogP contribution in [-0.4, -0.2) is 24.0 Å². The number of pyridine rings is 1. The first-order valence-electron chi connectivity index (χ1n) is 5.68. The molecule has 92 valence electrons. The standard InChI is InChI=1S/C11H17N5O/c12-11(17)8-4-6-16(7-5-8)10-3-1-2-9(14-10)15-13/h1-3,8H,4-7,13H2,(H2,12,17)(H,14,15). The molecule has 1 aromatic rings. The number of hydrogen-bond acceptors (Lipinski definition) is 5. The number of carbonyl (C=O) groups excluding carboxylic acids is 1. The van der Waals surface area contributed by atoms with E-state index in [9.17, 15) is 4.79 Å². The van der Waals surface area contributed by atoms with E-state index in [0.29, 0.717) is 5.82 Å². The zero-order chi connectivity index (χ0) is 12.3. The number of primary amides is 1. The monoisotopic (exact) mass is 235 g/mol. The van der Waals surface area contributed by atoms with Gasteiger partial charge in [0.25, 0.3) is 0 Å². The molecule has 0 unspecified atom stereocenters. The molecule has 0 spiro atoms. The number of aromatic nitrogens is 1. The minimum atomic E-state index is -0.199. The number of nitrogens with zero attached hydrogens (tertiary/aromatic N) is 2. The van der Waals surface area contributed by atoms with Crippen molar-refractivity contribution in [3.8, 4) is 0 Å². The van der Waals surface area contributed by atoms with Gasteiger partial charge in [-0.3, -0.25) is 4.79 Å². The molecule has 1 aliphatic heterocycles. The fourth-order valence-corrected chi connectivity index (χ4v) is 2.07. The Morgan fingerprint density at radius 1 is 1.41 bits per heavy atom. The van der Waals surface area contributed by atoms with Crippen LogP contribution in [0.3, 0.4) is 0 Å². The van der Waals surface area contributed by atoms with E-state index in [1.165, 1.54) is 0 Å². The van der Waals surface area contributed by atoms with E-state index in [1.807, 2.05) is 12.1 Å². The predicted molar refractivity (Wildman–Crippen MR) is 66.2 cm³/mol. The first kappa shape index (κ1) is 11.7. The van der Waals surface area contributed by atoms with Crippen molar-refractivity contribution in [2.45, 2.75) is 12.8 Å². The molecule has 0 saturated carbocycles. The normalized spacial score (nSPS) is 16.9. The fourth-order valence-electron chi connectivity index (χ4n) is 2.07. The van der Waals surface area contributed by atoms with Crippen molar-refractivity contribution in [1.29, 1.82) is 0 Å². The zero-order valence-corrected chi connectivity index (χ0v) is 9.60. The molecule has 17 heavy (non-hydrogen) atoms. The minimum Gasteiger partial charge on any atom is -0.369 e. The lowest BCUT2D eigenvalue weighted by Crippen LogP contribution is -2.39. The molecule has 2 rings (SSSR count). The maximum Gasteiger partial charge on any atom is 0.220 e. The highest BCUT2D eigenvalue weighted by atomic mass is 16.1. The van der Waals surface area contributed by atoms with Crippen molar-refractivity contribution in [3.05, 3.63) is 18.2 Å². The fraction of sp³-hybridized carbons (Fsp3) is 0.455. The highest BCUT2D eigenvalue weighted by Crippen LogP contribution is 2.22. The highest BCUT2D eigenvalue weighted by molar-refractivity contribution is 5.77. The Morgan fingerprint density at radius 2 is 2.12 bits per heavy atom. The second-order valence-corrected chi connectivity index (χ2v) is 4.19. The topological polar surface area (TPSA) is 97.3 Å². The molecule has 1 fully saturated rings. The Labute approximate surface area is 100.0 Å². The van der Waals surface area contributed by atoms with Gasteiger partial charge >= 0.3 is 0 Å². The van der Waals surface area contributed by atoms with Gasteiger partial charge in [-0.2, -0.15) is 0 Å². The number of hydrazine groups is 1. The van der Waals surface area contributed by atoms with Crippen LogP contribution in [0.5, 0.6) is 0 Å². The van der Waals surface area contributed by atoms with E-state index in [0.717, 1.165) is 31.7 Å². The average Bonchev–Trinajstić information content (AvgIpc) is 2.39. The van der Waals surface area contributed by atoms with Crippen LogP contribution >= 0.6 is 0 Å². The second kappa shape index (κ2) is 5.01. The van der Waals surface area contributed by atoms with Gasteiger partial charge in [0.2, 0.25) is 5.91 Å². The predicted octanol–water partition coefficient (Wildman–Crippen LogP) is 0.0689. The SMILES string of the molecule is NNc1cccc(N2CCC(C(N)=O)CC2)n1. The number of nitrogens with one attached hydrogen (secondary N) is 1. The van der Waals surface area contributed by atoms with Gasteiger partial charge in [0.15, 0.2) is 0 Å². The smallest absolute Gasteiger partial charge is 0.220 e. The molecule has 6 heteroatoms. The summed E-state index contributed by atoms with van der Waals surface area (Å²) in [6.45, 7) is 1.60. The van der Waals surface area contributed by atoms with Gasteiger partial charge in [-0.25, -0.2) is 10.8 Å². The van der Waals surface area contributed by atoms with Crippen LogP contribution < -0.4 is 21.9 Å². The van der Waals surface area contributed by atoms with Gasteiger partial charge < -0.3 is 16.1 Å². The minimum absolute atomic E-state index is 0.00191. The van der Waals surface area contributed by atoms with Gasteiger partial charge in [-0.15, -0.1) is 0 Å². The average molecular weight is 235 g/mol. The summed E-state index contributed by atoms with van der Waals surface area (Å²) in [6, 6.07) is 5.64. The quantitative estimate of drug-likeness (QED) is 0.509. The molecule has 0 bridgehead atoms. The number of amides is 1. The number of hydrogen-bond donors (Lipinski definition) is 3. The molecule has 0 atom stereocenters. The summed E-state index contributed by atoms with van der Waals surface area (Å²) in [6.07, 6.45) is 1.58. The molecule has 1 aliphatic rings. The van der Waals surface area contributed by atoms with Crippen LogP contribution in [0, 0.1) is 5.92 Å². The van der Waals surface area contributed by atoms with Gasteiger partial charge in [-0.1, -0.05) is 6.07 Å². The maximum atomic E-state index is 11.1. The number of piperidine rings is 1. The Balaban J connectivity index is 2.02. The van der Waals surface area contributed by atoms with E-state index < -0.39 is 0 Å². The molecule has 0 aromatic carbocycles. The number of anilines is 2. The Bertz CT molecular complexity index is 401. The third-order valence-corrected chi connectivity index (χ3v) is 3.10. The lowest BCUT2D eigenvalue weighted by atomic mass is 9.96. The molecule has 1 amide bonds. The summed E-state index contributed by atoms with van der Waals surface area (Å²) < 4.78 is 0. The van der Waals surface area contributed by atoms with Gasteiger partial charge in [0, 0.05) is 19.0 Å². The van der Waals surface area contributed by atoms with Crippen molar-refractivity contribution < 1.29 is 4.79 Å². The lowest BCUT2D eigenvalue weighted by Gasteiger charge is -2.31. The van der Waals surface area contributed by atoms with Crippen molar-refractivity contribution in [1.82, 2.24) is 4.98 Å². The summed E-state index contributed by atoms with van der Waals surface area (Å²) in [5.74, 6) is 6.64. The molecule has 5 N–H and O–H groups in total. The number of carbonyl (C=O) groups is 1. The number of nitrogen functional groups attached to an aromatic ring is 1. The van der Waals surface area contributed by atoms with Crippen LogP contribution in [0.25, 0.3) is 0 Å². The van der Waals surface area contributed by atoms with Crippen LogP contribution in [0.1, 0.15) is 12.8 Å². The number of rotatable bonds is 3. The molecule has 6 nitrogen and oxygen atoms in total. The van der Waals surface area contributed by atoms with Crippen LogP contribution in [0.2, 0.25) is 0 Å². The van der Waals surface area contributed by atoms with Crippen molar-refractivity contribution in [2.75, 3.05) is 23.4 Å². The summed E-state index contributed by atoms with van der Waals surface area (Å²) in [5, 5.41) is 0. The molecule has 0 radical (unpaired) electrons. The van der Waals surface area contributed by atoms with Crippen molar-refractivity contribution in [2.24, 2.45) is 17.5 Å². The Hall–Kier alpha value is -1.82. The highest BCUT2D eigenvalue weighted by Gasteiger charge is 2.23. The van der Waals surface area contributed by atoms with E-state index >= 15 is 0 Å². The lowest BCUT2D eigenvalue weighted by molar-refractivity contribution is -0.122. The first-order valence-corrected chi connectivity index (χ1v) is 5.68. The largest absolute Gasteiger partial charge is 0.369 e. The van der Waals surface area contributed by atoms with Crippen LogP contribution in [0.4, 0.5) is 11.6 Å². The molecule has 1 saturated heterocycles. The third kappa shape index (κ3) is 2.65. The molecular weight excluding hydrogens is 218 g/mol. The van der Waals surface area contributed by atoms with Crippen molar-refractivity contribution >= 4 is 17.5 Å². The number of nitrogens with two attached hydrogens (primary N) is 2. The van der Waals surface area contributed by atoms with Crippen LogP contribution in [-0.2, 0) is 4.79 Å². The molecule has 1 aromatic heterocycles. The molecule has 2 heterocycles. The Morgan fingerprint density at radius 3 is 2.71 bits per heavy atom.